The molecule has 3 rings (SSSR count). The summed E-state index contributed by atoms with van der Waals surface area (Å²) in [6.45, 7) is -0.471. The fourth-order valence-electron chi connectivity index (χ4n) is 2.78. The number of nitrogens with one attached hydrogen (secondary N) is 3. The summed E-state index contributed by atoms with van der Waals surface area (Å²) in [6, 6.07) is 4.29. The van der Waals surface area contributed by atoms with Crippen molar-refractivity contribution in [3.63, 3.8) is 0 Å². The molecule has 0 radical (unpaired) electrons. The summed E-state index contributed by atoms with van der Waals surface area (Å²) in [5.74, 6) is -3.32. The van der Waals surface area contributed by atoms with Crippen LogP contribution >= 0.6 is 12.4 Å². The molecular formula is C15H18ClF2N3O2. The number of hydrogen-bond donors (Lipinski definition) is 3. The average Bonchev–Trinajstić information content (AvgIpc) is 2.71. The highest BCUT2D eigenvalue weighted by Crippen LogP contribution is 2.27. The predicted molar refractivity (Wildman–Crippen MR) is 85.2 cm³/mol. The summed E-state index contributed by atoms with van der Waals surface area (Å²) in [4.78, 5) is 23.5. The van der Waals surface area contributed by atoms with E-state index in [1.54, 1.807) is 18.2 Å². The summed E-state index contributed by atoms with van der Waals surface area (Å²) < 4.78 is 26.2. The lowest BCUT2D eigenvalue weighted by atomic mass is 10.1. The van der Waals surface area contributed by atoms with Gasteiger partial charge in [-0.3, -0.25) is 14.9 Å². The Hall–Kier alpha value is -1.73. The van der Waals surface area contributed by atoms with Crippen LogP contribution in [0.3, 0.4) is 0 Å². The van der Waals surface area contributed by atoms with Crippen LogP contribution in [0.15, 0.2) is 18.2 Å². The van der Waals surface area contributed by atoms with Gasteiger partial charge in [-0.1, -0.05) is 0 Å². The first kappa shape index (κ1) is 17.6. The second-order valence-electron chi connectivity index (χ2n) is 5.76. The highest BCUT2D eigenvalue weighted by atomic mass is 35.5. The summed E-state index contributed by atoms with van der Waals surface area (Å²) in [5, 5.41) is 7.99. The Balaban J connectivity index is 0.00000192. The van der Waals surface area contributed by atoms with Crippen molar-refractivity contribution in [3.05, 3.63) is 23.8 Å². The van der Waals surface area contributed by atoms with E-state index >= 15 is 0 Å². The van der Waals surface area contributed by atoms with Gasteiger partial charge in [0.25, 0.3) is 5.92 Å². The molecule has 0 saturated carbocycles. The van der Waals surface area contributed by atoms with Crippen molar-refractivity contribution in [1.29, 1.82) is 0 Å². The van der Waals surface area contributed by atoms with Gasteiger partial charge in [0, 0.05) is 24.2 Å². The zero-order valence-electron chi connectivity index (χ0n) is 12.3. The van der Waals surface area contributed by atoms with Crippen molar-refractivity contribution in [2.45, 2.75) is 37.6 Å². The Morgan fingerprint density at radius 2 is 2.09 bits per heavy atom. The molecule has 2 amide bonds. The van der Waals surface area contributed by atoms with Crippen LogP contribution in [-0.2, 0) is 16.0 Å². The number of rotatable bonds is 2. The fourth-order valence-corrected chi connectivity index (χ4v) is 2.78. The normalized spacial score (nSPS) is 22.3. The maximum absolute atomic E-state index is 13.1. The van der Waals surface area contributed by atoms with Gasteiger partial charge < -0.3 is 10.6 Å². The number of halogens is 3. The van der Waals surface area contributed by atoms with E-state index in [0.29, 0.717) is 12.1 Å². The molecule has 2 aliphatic rings. The molecule has 1 fully saturated rings. The molecule has 0 aromatic heterocycles. The van der Waals surface area contributed by atoms with Crippen LogP contribution in [0.25, 0.3) is 0 Å². The number of carbonyl (C=O) groups excluding carboxylic acids is 2. The van der Waals surface area contributed by atoms with E-state index in [2.05, 4.69) is 16.0 Å². The van der Waals surface area contributed by atoms with Crippen molar-refractivity contribution in [2.75, 3.05) is 17.2 Å². The van der Waals surface area contributed by atoms with Crippen LogP contribution in [0.5, 0.6) is 0 Å². The van der Waals surface area contributed by atoms with Crippen LogP contribution in [0.2, 0.25) is 0 Å². The van der Waals surface area contributed by atoms with E-state index in [1.165, 1.54) is 0 Å². The predicted octanol–water partition coefficient (Wildman–Crippen LogP) is 2.32. The number of hydrogen-bond acceptors (Lipinski definition) is 3. The van der Waals surface area contributed by atoms with Crippen molar-refractivity contribution < 1.29 is 18.4 Å². The molecule has 8 heteroatoms. The Kier molecular flexibility index (Phi) is 5.21. The van der Waals surface area contributed by atoms with Gasteiger partial charge in [0.15, 0.2) is 0 Å². The lowest BCUT2D eigenvalue weighted by Crippen LogP contribution is -2.35. The molecular weight excluding hydrogens is 328 g/mol. The van der Waals surface area contributed by atoms with Gasteiger partial charge in [-0.05, 0) is 36.6 Å². The Labute approximate surface area is 138 Å². The topological polar surface area (TPSA) is 70.2 Å². The molecule has 0 aliphatic carbocycles. The number of aryl methyl sites for hydroxylation is 1. The quantitative estimate of drug-likeness (QED) is 0.770. The van der Waals surface area contributed by atoms with E-state index in [4.69, 9.17) is 0 Å². The molecule has 0 bridgehead atoms. The van der Waals surface area contributed by atoms with E-state index in [-0.39, 0.29) is 18.3 Å². The van der Waals surface area contributed by atoms with Crippen LogP contribution in [-0.4, -0.2) is 30.3 Å². The number of fused-ring (bicyclic) bond motifs is 1. The summed E-state index contributed by atoms with van der Waals surface area (Å²) >= 11 is 0. The maximum atomic E-state index is 13.1. The van der Waals surface area contributed by atoms with Gasteiger partial charge in [0.05, 0.1) is 12.6 Å². The zero-order chi connectivity index (χ0) is 15.7. The molecule has 0 spiro atoms. The second kappa shape index (κ2) is 6.80. The molecule has 2 heterocycles. The highest BCUT2D eigenvalue weighted by molar-refractivity contribution is 5.96. The molecule has 5 nitrogen and oxygen atoms in total. The SMILES string of the molecule is Cl.O=C1CCCc2cc(NC(=O)C3CC(F)(F)CN3)ccc2N1. The lowest BCUT2D eigenvalue weighted by Gasteiger charge is -2.13. The number of alkyl halides is 2. The van der Waals surface area contributed by atoms with E-state index < -0.39 is 30.8 Å². The minimum absolute atomic E-state index is 0. The number of benzene rings is 1. The molecule has 23 heavy (non-hydrogen) atoms. The number of anilines is 2. The number of amides is 2. The van der Waals surface area contributed by atoms with Gasteiger partial charge in [-0.25, -0.2) is 8.78 Å². The van der Waals surface area contributed by atoms with Crippen molar-refractivity contribution in [3.8, 4) is 0 Å². The average molecular weight is 346 g/mol. The van der Waals surface area contributed by atoms with E-state index in [0.717, 1.165) is 24.1 Å². The van der Waals surface area contributed by atoms with Gasteiger partial charge in [-0.15, -0.1) is 12.4 Å². The smallest absolute Gasteiger partial charge is 0.262 e. The van der Waals surface area contributed by atoms with Gasteiger partial charge in [0.2, 0.25) is 11.8 Å². The fraction of sp³-hybridized carbons (Fsp3) is 0.467. The van der Waals surface area contributed by atoms with Crippen LogP contribution < -0.4 is 16.0 Å². The van der Waals surface area contributed by atoms with Gasteiger partial charge in [0.1, 0.15) is 0 Å². The van der Waals surface area contributed by atoms with E-state index in [9.17, 15) is 18.4 Å². The third kappa shape index (κ3) is 4.17. The zero-order valence-corrected chi connectivity index (χ0v) is 13.1. The van der Waals surface area contributed by atoms with Crippen molar-refractivity contribution in [1.82, 2.24) is 5.32 Å². The largest absolute Gasteiger partial charge is 0.326 e. The van der Waals surface area contributed by atoms with Gasteiger partial charge >= 0.3 is 0 Å². The first-order chi connectivity index (χ1) is 10.4. The molecule has 1 aromatic rings. The molecule has 2 aliphatic heterocycles. The first-order valence-corrected chi connectivity index (χ1v) is 7.28. The molecule has 126 valence electrons. The van der Waals surface area contributed by atoms with Crippen LogP contribution in [0.1, 0.15) is 24.8 Å². The van der Waals surface area contributed by atoms with E-state index in [1.807, 2.05) is 0 Å². The van der Waals surface area contributed by atoms with Gasteiger partial charge in [-0.2, -0.15) is 0 Å². The molecule has 1 saturated heterocycles. The Morgan fingerprint density at radius 3 is 2.78 bits per heavy atom. The summed E-state index contributed by atoms with van der Waals surface area (Å²) in [5.41, 5.74) is 2.23. The minimum Gasteiger partial charge on any atom is -0.326 e. The number of carbonyl (C=O) groups is 2. The van der Waals surface area contributed by atoms with Crippen LogP contribution in [0, 0.1) is 0 Å². The lowest BCUT2D eigenvalue weighted by molar-refractivity contribution is -0.118. The molecule has 1 atom stereocenters. The maximum Gasteiger partial charge on any atom is 0.262 e. The summed E-state index contributed by atoms with van der Waals surface area (Å²) in [6.07, 6.45) is 1.46. The second-order valence-corrected chi connectivity index (χ2v) is 5.76. The molecule has 3 N–H and O–H groups in total. The minimum atomic E-state index is -2.83. The monoisotopic (exact) mass is 345 g/mol. The van der Waals surface area contributed by atoms with Crippen molar-refractivity contribution in [2.24, 2.45) is 0 Å². The summed E-state index contributed by atoms with van der Waals surface area (Å²) in [7, 11) is 0. The third-order valence-corrected chi connectivity index (χ3v) is 3.92. The standard InChI is InChI=1S/C15H17F2N3O2.ClH/c16-15(17)7-12(18-8-15)14(22)19-10-4-5-11-9(6-10)2-1-3-13(21)20-11;/h4-6,12,18H,1-3,7-8H2,(H,19,22)(H,20,21);1H. The molecule has 1 aromatic carbocycles. The highest BCUT2D eigenvalue weighted by Gasteiger charge is 2.42. The van der Waals surface area contributed by atoms with Crippen molar-refractivity contribution >= 4 is 35.6 Å². The molecule has 1 unspecified atom stereocenters. The Morgan fingerprint density at radius 1 is 1.30 bits per heavy atom. The third-order valence-electron chi connectivity index (χ3n) is 3.92. The first-order valence-electron chi connectivity index (χ1n) is 7.28. The van der Waals surface area contributed by atoms with Crippen LogP contribution in [0.4, 0.5) is 20.2 Å². The Bertz CT molecular complexity index is 625.